The SMILES string of the molecule is COC(=O)c1cccc(NC(=O)c2ccc(S(=O)(=O)NC3CCS(=O)(=O)C3)cc2)c1C. The number of methoxy groups -OCH3 is 1. The lowest BCUT2D eigenvalue weighted by Gasteiger charge is -2.13. The highest BCUT2D eigenvalue weighted by atomic mass is 32.2. The van der Waals surface area contributed by atoms with Gasteiger partial charge in [-0.1, -0.05) is 6.07 Å². The number of hydrogen-bond donors (Lipinski definition) is 2. The van der Waals surface area contributed by atoms with Crippen molar-refractivity contribution in [3.05, 3.63) is 59.2 Å². The summed E-state index contributed by atoms with van der Waals surface area (Å²) < 4.78 is 55.2. The molecule has 0 saturated carbocycles. The van der Waals surface area contributed by atoms with E-state index in [9.17, 15) is 26.4 Å². The van der Waals surface area contributed by atoms with Crippen LogP contribution in [0.4, 0.5) is 5.69 Å². The fourth-order valence-corrected chi connectivity index (χ4v) is 6.31. The van der Waals surface area contributed by atoms with Gasteiger partial charge in [-0.2, -0.15) is 0 Å². The molecular formula is C20H22N2O7S2. The fraction of sp³-hybridized carbons (Fsp3) is 0.300. The van der Waals surface area contributed by atoms with Gasteiger partial charge in [0.1, 0.15) is 0 Å². The van der Waals surface area contributed by atoms with E-state index in [1.54, 1.807) is 25.1 Å². The van der Waals surface area contributed by atoms with Crippen molar-refractivity contribution in [2.45, 2.75) is 24.3 Å². The fourth-order valence-electron chi connectivity index (χ4n) is 3.26. The van der Waals surface area contributed by atoms with Crippen molar-refractivity contribution in [3.63, 3.8) is 0 Å². The highest BCUT2D eigenvalue weighted by molar-refractivity contribution is 7.92. The number of carbonyl (C=O) groups is 2. The predicted molar refractivity (Wildman–Crippen MR) is 114 cm³/mol. The molecule has 1 atom stereocenters. The van der Waals surface area contributed by atoms with Crippen LogP contribution in [0.5, 0.6) is 0 Å². The molecular weight excluding hydrogens is 444 g/mol. The molecule has 1 aliphatic heterocycles. The molecule has 1 saturated heterocycles. The van der Waals surface area contributed by atoms with E-state index in [4.69, 9.17) is 4.74 Å². The summed E-state index contributed by atoms with van der Waals surface area (Å²) in [5.41, 5.74) is 1.50. The minimum Gasteiger partial charge on any atom is -0.465 e. The largest absolute Gasteiger partial charge is 0.465 e. The Bertz CT molecular complexity index is 1220. The first kappa shape index (κ1) is 22.9. The summed E-state index contributed by atoms with van der Waals surface area (Å²) in [5, 5.41) is 2.69. The summed E-state index contributed by atoms with van der Waals surface area (Å²) >= 11 is 0. The van der Waals surface area contributed by atoms with E-state index in [1.165, 1.54) is 31.4 Å². The standard InChI is InChI=1S/C20H22N2O7S2/c1-13-17(20(24)29-2)4-3-5-18(13)21-19(23)14-6-8-16(9-7-14)31(27,28)22-15-10-11-30(25,26)12-15/h3-9,15,22H,10-12H2,1-2H3,(H,21,23). The smallest absolute Gasteiger partial charge is 0.338 e. The van der Waals surface area contributed by atoms with Gasteiger partial charge in [-0.15, -0.1) is 0 Å². The number of sulfone groups is 1. The lowest BCUT2D eigenvalue weighted by Crippen LogP contribution is -2.35. The van der Waals surface area contributed by atoms with E-state index >= 15 is 0 Å². The Morgan fingerprint density at radius 1 is 1.10 bits per heavy atom. The summed E-state index contributed by atoms with van der Waals surface area (Å²) in [4.78, 5) is 24.3. The second-order valence-corrected chi connectivity index (χ2v) is 11.1. The van der Waals surface area contributed by atoms with Gasteiger partial charge in [-0.3, -0.25) is 4.79 Å². The van der Waals surface area contributed by atoms with Crippen LogP contribution in [0.3, 0.4) is 0 Å². The van der Waals surface area contributed by atoms with Crippen LogP contribution in [0.15, 0.2) is 47.4 Å². The maximum Gasteiger partial charge on any atom is 0.338 e. The Morgan fingerprint density at radius 2 is 1.77 bits per heavy atom. The molecule has 31 heavy (non-hydrogen) atoms. The van der Waals surface area contributed by atoms with Crippen molar-refractivity contribution in [1.82, 2.24) is 4.72 Å². The van der Waals surface area contributed by atoms with Gasteiger partial charge in [-0.05, 0) is 55.3 Å². The third-order valence-corrected chi connectivity index (χ3v) is 8.27. The summed E-state index contributed by atoms with van der Waals surface area (Å²) in [5.74, 6) is -1.28. The summed E-state index contributed by atoms with van der Waals surface area (Å²) in [6.07, 6.45) is 0.228. The van der Waals surface area contributed by atoms with Crippen LogP contribution >= 0.6 is 0 Å². The Morgan fingerprint density at radius 3 is 2.35 bits per heavy atom. The van der Waals surface area contributed by atoms with Gasteiger partial charge in [0, 0.05) is 17.3 Å². The van der Waals surface area contributed by atoms with Gasteiger partial charge in [0.05, 0.1) is 29.1 Å². The number of amides is 1. The molecule has 1 fully saturated rings. The van der Waals surface area contributed by atoms with E-state index in [0.29, 0.717) is 16.8 Å². The van der Waals surface area contributed by atoms with Crippen LogP contribution in [-0.2, 0) is 24.6 Å². The molecule has 1 heterocycles. The quantitative estimate of drug-likeness (QED) is 0.616. The van der Waals surface area contributed by atoms with Crippen molar-refractivity contribution in [1.29, 1.82) is 0 Å². The number of rotatable bonds is 6. The Balaban J connectivity index is 1.73. The molecule has 2 aromatic rings. The van der Waals surface area contributed by atoms with Gasteiger partial charge < -0.3 is 10.1 Å². The summed E-state index contributed by atoms with van der Waals surface area (Å²) in [6.45, 7) is 1.67. The number of carbonyl (C=O) groups excluding carboxylic acids is 2. The predicted octanol–water partition coefficient (Wildman–Crippen LogP) is 1.50. The average molecular weight is 467 g/mol. The zero-order valence-corrected chi connectivity index (χ0v) is 18.5. The van der Waals surface area contributed by atoms with Crippen molar-refractivity contribution in [2.75, 3.05) is 23.9 Å². The normalized spacial score (nSPS) is 17.8. The van der Waals surface area contributed by atoms with E-state index in [1.807, 2.05) is 0 Å². The monoisotopic (exact) mass is 466 g/mol. The first-order valence-corrected chi connectivity index (χ1v) is 12.6. The number of esters is 1. The highest BCUT2D eigenvalue weighted by Crippen LogP contribution is 2.21. The van der Waals surface area contributed by atoms with Gasteiger partial charge in [0.2, 0.25) is 10.0 Å². The molecule has 1 amide bonds. The lowest BCUT2D eigenvalue weighted by atomic mass is 10.1. The number of benzene rings is 2. The van der Waals surface area contributed by atoms with Gasteiger partial charge in [0.15, 0.2) is 9.84 Å². The van der Waals surface area contributed by atoms with E-state index in [-0.39, 0.29) is 28.4 Å². The lowest BCUT2D eigenvalue weighted by molar-refractivity contribution is 0.0599. The Hall–Kier alpha value is -2.76. The molecule has 0 radical (unpaired) electrons. The van der Waals surface area contributed by atoms with E-state index < -0.39 is 37.8 Å². The molecule has 166 valence electrons. The van der Waals surface area contributed by atoms with E-state index in [2.05, 4.69) is 10.0 Å². The second-order valence-electron chi connectivity index (χ2n) is 7.17. The van der Waals surface area contributed by atoms with Crippen molar-refractivity contribution in [2.24, 2.45) is 0 Å². The topological polar surface area (TPSA) is 136 Å². The zero-order chi connectivity index (χ0) is 22.8. The molecule has 3 rings (SSSR count). The molecule has 2 aromatic carbocycles. The first-order chi connectivity index (χ1) is 14.5. The minimum atomic E-state index is -3.92. The maximum absolute atomic E-state index is 12.6. The van der Waals surface area contributed by atoms with E-state index in [0.717, 1.165) is 0 Å². The Labute approximate surface area is 180 Å². The molecule has 1 aliphatic rings. The molecule has 0 spiro atoms. The summed E-state index contributed by atoms with van der Waals surface area (Å²) in [6, 6.07) is 9.43. The van der Waals surface area contributed by atoms with Gasteiger partial charge in [-0.25, -0.2) is 26.4 Å². The highest BCUT2D eigenvalue weighted by Gasteiger charge is 2.31. The van der Waals surface area contributed by atoms with Crippen LogP contribution in [-0.4, -0.2) is 53.4 Å². The van der Waals surface area contributed by atoms with Gasteiger partial charge in [0.25, 0.3) is 5.91 Å². The third kappa shape index (κ3) is 5.30. The zero-order valence-electron chi connectivity index (χ0n) is 16.9. The average Bonchev–Trinajstić information content (AvgIpc) is 3.06. The molecule has 11 heteroatoms. The molecule has 2 N–H and O–H groups in total. The molecule has 0 bridgehead atoms. The molecule has 0 aliphatic carbocycles. The van der Waals surface area contributed by atoms with Crippen molar-refractivity contribution >= 4 is 37.4 Å². The van der Waals surface area contributed by atoms with Crippen LogP contribution in [0.1, 0.15) is 32.7 Å². The van der Waals surface area contributed by atoms with Crippen LogP contribution in [0.2, 0.25) is 0 Å². The molecule has 1 unspecified atom stereocenters. The molecule has 0 aromatic heterocycles. The number of hydrogen-bond acceptors (Lipinski definition) is 7. The minimum absolute atomic E-state index is 0.0457. The second kappa shape index (κ2) is 8.77. The first-order valence-electron chi connectivity index (χ1n) is 9.34. The van der Waals surface area contributed by atoms with Crippen molar-refractivity contribution < 1.29 is 31.2 Å². The Kier molecular flexibility index (Phi) is 6.48. The molecule has 9 nitrogen and oxygen atoms in total. The number of ether oxygens (including phenoxy) is 1. The van der Waals surface area contributed by atoms with Gasteiger partial charge >= 0.3 is 5.97 Å². The maximum atomic E-state index is 12.6. The van der Waals surface area contributed by atoms with Crippen molar-refractivity contribution in [3.8, 4) is 0 Å². The number of anilines is 1. The van der Waals surface area contributed by atoms with Crippen LogP contribution in [0.25, 0.3) is 0 Å². The van der Waals surface area contributed by atoms with Crippen LogP contribution < -0.4 is 10.0 Å². The third-order valence-electron chi connectivity index (χ3n) is 4.97. The number of sulfonamides is 1. The van der Waals surface area contributed by atoms with Crippen LogP contribution in [0, 0.1) is 6.92 Å². The summed E-state index contributed by atoms with van der Waals surface area (Å²) in [7, 11) is -5.87. The number of nitrogens with one attached hydrogen (secondary N) is 2.